The van der Waals surface area contributed by atoms with Gasteiger partial charge in [-0.05, 0) is 80.4 Å². The number of fused-ring (bicyclic) bond motifs is 1. The Hall–Kier alpha value is -2.32. The molecule has 2 nitrogen and oxygen atoms in total. The van der Waals surface area contributed by atoms with Crippen LogP contribution in [0.1, 0.15) is 0 Å². The Labute approximate surface area is 173 Å². The average Bonchev–Trinajstić information content (AvgIpc) is 2.71. The predicted octanol–water partition coefficient (Wildman–Crippen LogP) is 7.05. The molecular weight excluding hydrogens is 504 g/mol. The van der Waals surface area contributed by atoms with Gasteiger partial charge in [0.15, 0.2) is 11.6 Å². The number of nitrogens with zero attached hydrogens (tertiary/aromatic N) is 2. The van der Waals surface area contributed by atoms with Gasteiger partial charge in [-0.2, -0.15) is 0 Å². The molecule has 140 valence electrons. The first-order chi connectivity index (χ1) is 13.4. The lowest BCUT2D eigenvalue weighted by atomic mass is 10.0. The highest BCUT2D eigenvalue weighted by Gasteiger charge is 2.22. The molecule has 28 heavy (non-hydrogen) atoms. The van der Waals surface area contributed by atoms with Crippen LogP contribution in [-0.2, 0) is 0 Å². The molecule has 0 atom stereocenters. The number of benzene rings is 3. The van der Waals surface area contributed by atoms with Gasteiger partial charge in [-0.1, -0.05) is 0 Å². The molecule has 0 aliphatic carbocycles. The topological polar surface area (TPSA) is 25.8 Å². The minimum atomic E-state index is -1.10. The van der Waals surface area contributed by atoms with Gasteiger partial charge in [0.05, 0.1) is 20.3 Å². The lowest BCUT2D eigenvalue weighted by molar-refractivity contribution is 0.502. The van der Waals surface area contributed by atoms with Crippen LogP contribution in [0.5, 0.6) is 0 Å². The van der Waals surface area contributed by atoms with E-state index in [-0.39, 0.29) is 20.0 Å². The fourth-order valence-corrected chi connectivity index (χ4v) is 3.66. The Kier molecular flexibility index (Phi) is 4.93. The molecule has 0 saturated carbocycles. The summed E-state index contributed by atoms with van der Waals surface area (Å²) in [6, 6.07) is 11.0. The maximum Gasteiger partial charge on any atom is 0.176 e. The fraction of sp³-hybridized carbons (Fsp3) is 0. The van der Waals surface area contributed by atoms with Gasteiger partial charge in [0.2, 0.25) is 0 Å². The number of aromatic nitrogens is 2. The van der Waals surface area contributed by atoms with Gasteiger partial charge in [0, 0.05) is 11.1 Å². The summed E-state index contributed by atoms with van der Waals surface area (Å²) in [5, 5.41) is 0. The summed E-state index contributed by atoms with van der Waals surface area (Å²) >= 11 is 6.05. The molecule has 1 heterocycles. The number of hydrogen-bond donors (Lipinski definition) is 0. The van der Waals surface area contributed by atoms with Gasteiger partial charge < -0.3 is 0 Å². The van der Waals surface area contributed by atoms with E-state index in [4.69, 9.17) is 0 Å². The first-order valence-electron chi connectivity index (χ1n) is 7.92. The van der Waals surface area contributed by atoms with Crippen LogP contribution in [0.25, 0.3) is 33.5 Å². The second-order valence-corrected chi connectivity index (χ2v) is 7.47. The molecular formula is C20H8Br2F4N2. The monoisotopic (exact) mass is 510 g/mol. The zero-order valence-electron chi connectivity index (χ0n) is 13.8. The Balaban J connectivity index is 2.11. The zero-order chi connectivity index (χ0) is 20.0. The lowest BCUT2D eigenvalue weighted by Gasteiger charge is -2.13. The Morgan fingerprint density at radius 3 is 1.18 bits per heavy atom. The van der Waals surface area contributed by atoms with E-state index in [1.165, 1.54) is 48.5 Å². The van der Waals surface area contributed by atoms with Gasteiger partial charge in [0.1, 0.15) is 22.7 Å². The second-order valence-electron chi connectivity index (χ2n) is 5.89. The minimum Gasteiger partial charge on any atom is -0.242 e. The van der Waals surface area contributed by atoms with Crippen molar-refractivity contribution in [1.29, 1.82) is 0 Å². The third-order valence-electron chi connectivity index (χ3n) is 4.13. The molecule has 8 heteroatoms. The van der Waals surface area contributed by atoms with Crippen LogP contribution in [-0.4, -0.2) is 9.97 Å². The fourth-order valence-electron chi connectivity index (χ4n) is 2.76. The smallest absolute Gasteiger partial charge is 0.176 e. The van der Waals surface area contributed by atoms with E-state index < -0.39 is 23.3 Å². The van der Waals surface area contributed by atoms with E-state index in [2.05, 4.69) is 41.8 Å². The van der Waals surface area contributed by atoms with Crippen molar-refractivity contribution in [3.63, 3.8) is 0 Å². The second kappa shape index (κ2) is 7.25. The van der Waals surface area contributed by atoms with E-state index in [1.54, 1.807) is 0 Å². The van der Waals surface area contributed by atoms with Crippen molar-refractivity contribution in [3.8, 4) is 22.5 Å². The van der Waals surface area contributed by atoms with Crippen molar-refractivity contribution in [3.05, 3.63) is 80.7 Å². The summed E-state index contributed by atoms with van der Waals surface area (Å²) in [4.78, 5) is 8.95. The molecule has 0 radical (unpaired) electrons. The van der Waals surface area contributed by atoms with Crippen LogP contribution in [0, 0.1) is 23.3 Å². The number of rotatable bonds is 2. The summed E-state index contributed by atoms with van der Waals surface area (Å²) in [6.45, 7) is 0. The molecule has 0 fully saturated rings. The molecule has 4 aromatic rings. The first-order valence-corrected chi connectivity index (χ1v) is 9.51. The van der Waals surface area contributed by atoms with E-state index in [0.717, 1.165) is 0 Å². The van der Waals surface area contributed by atoms with Crippen molar-refractivity contribution < 1.29 is 17.6 Å². The van der Waals surface area contributed by atoms with Crippen molar-refractivity contribution in [2.24, 2.45) is 0 Å². The SMILES string of the molecule is Fc1ccc(-c2nc3c(Br)c(F)c(F)c(Br)c3nc2-c2ccc(F)cc2)cc1. The molecule has 0 aliphatic heterocycles. The highest BCUT2D eigenvalue weighted by atomic mass is 79.9. The zero-order valence-corrected chi connectivity index (χ0v) is 17.0. The van der Waals surface area contributed by atoms with Crippen LogP contribution >= 0.6 is 31.9 Å². The van der Waals surface area contributed by atoms with Gasteiger partial charge in [-0.25, -0.2) is 27.5 Å². The van der Waals surface area contributed by atoms with Crippen LogP contribution in [0.4, 0.5) is 17.6 Å². The van der Waals surface area contributed by atoms with E-state index in [1.807, 2.05) is 0 Å². The van der Waals surface area contributed by atoms with E-state index in [0.29, 0.717) is 22.5 Å². The van der Waals surface area contributed by atoms with Gasteiger partial charge in [0.25, 0.3) is 0 Å². The molecule has 0 spiro atoms. The van der Waals surface area contributed by atoms with Gasteiger partial charge >= 0.3 is 0 Å². The molecule has 0 saturated heterocycles. The van der Waals surface area contributed by atoms with Gasteiger partial charge in [-0.3, -0.25) is 0 Å². The van der Waals surface area contributed by atoms with Crippen molar-refractivity contribution >= 4 is 42.9 Å². The molecule has 4 rings (SSSR count). The molecule has 3 aromatic carbocycles. The minimum absolute atomic E-state index is 0.0935. The summed E-state index contributed by atoms with van der Waals surface area (Å²) < 4.78 is 54.7. The molecule has 0 bridgehead atoms. The Morgan fingerprint density at radius 2 is 0.857 bits per heavy atom. The Bertz CT molecular complexity index is 1110. The van der Waals surface area contributed by atoms with Crippen molar-refractivity contribution in [1.82, 2.24) is 9.97 Å². The molecule has 1 aromatic heterocycles. The summed E-state index contributed by atoms with van der Waals surface area (Å²) in [5.41, 5.74) is 1.85. The standard InChI is InChI=1S/C20H8Br2F4N2/c21-13-15(25)16(26)14(22)20-19(13)27-17(9-1-5-11(23)6-2-9)18(28-20)10-3-7-12(24)8-4-10/h1-8H. The van der Waals surface area contributed by atoms with E-state index >= 15 is 0 Å². The van der Waals surface area contributed by atoms with Crippen LogP contribution in [0.3, 0.4) is 0 Å². The number of halogens is 6. The van der Waals surface area contributed by atoms with Crippen molar-refractivity contribution in [2.45, 2.75) is 0 Å². The maximum atomic E-state index is 14.2. The third kappa shape index (κ3) is 3.20. The summed E-state index contributed by atoms with van der Waals surface area (Å²) in [5.74, 6) is -3.07. The summed E-state index contributed by atoms with van der Waals surface area (Å²) in [6.07, 6.45) is 0. The van der Waals surface area contributed by atoms with E-state index in [9.17, 15) is 17.6 Å². The largest absolute Gasteiger partial charge is 0.242 e. The Morgan fingerprint density at radius 1 is 0.536 bits per heavy atom. The quantitative estimate of drug-likeness (QED) is 0.164. The normalized spacial score (nSPS) is 11.2. The van der Waals surface area contributed by atoms with Gasteiger partial charge in [-0.15, -0.1) is 0 Å². The van der Waals surface area contributed by atoms with Crippen LogP contribution in [0.2, 0.25) is 0 Å². The van der Waals surface area contributed by atoms with Crippen LogP contribution in [0.15, 0.2) is 57.5 Å². The highest BCUT2D eigenvalue weighted by Crippen LogP contribution is 2.38. The molecule has 0 N–H and O–H groups in total. The molecule has 0 unspecified atom stereocenters. The summed E-state index contributed by atoms with van der Waals surface area (Å²) in [7, 11) is 0. The van der Waals surface area contributed by atoms with Crippen LogP contribution < -0.4 is 0 Å². The lowest BCUT2D eigenvalue weighted by Crippen LogP contribution is -2.00. The predicted molar refractivity (Wildman–Crippen MR) is 106 cm³/mol. The highest BCUT2D eigenvalue weighted by molar-refractivity contribution is 9.11. The molecule has 0 aliphatic rings. The number of hydrogen-bond acceptors (Lipinski definition) is 2. The molecule has 0 amide bonds. The first kappa shape index (κ1) is 19.0. The third-order valence-corrected chi connectivity index (χ3v) is 5.57. The van der Waals surface area contributed by atoms with Crippen molar-refractivity contribution in [2.75, 3.05) is 0 Å². The average molecular weight is 512 g/mol. The maximum absolute atomic E-state index is 14.2.